The van der Waals surface area contributed by atoms with Gasteiger partial charge in [-0.1, -0.05) is 29.8 Å². The normalized spacial score (nSPS) is 10.9. The summed E-state index contributed by atoms with van der Waals surface area (Å²) in [5.41, 5.74) is 5.03. The number of benzene rings is 2. The zero-order valence-electron chi connectivity index (χ0n) is 12.2. The monoisotopic (exact) mass is 265 g/mol. The molecular formula is C18H19NO. The molecular weight excluding hydrogens is 246 g/mol. The van der Waals surface area contributed by atoms with Crippen LogP contribution in [0.15, 0.2) is 48.7 Å². The second-order valence-electron chi connectivity index (χ2n) is 5.32. The van der Waals surface area contributed by atoms with E-state index in [1.807, 2.05) is 6.07 Å². The molecule has 2 aromatic carbocycles. The zero-order chi connectivity index (χ0) is 14.1. The Balaban J connectivity index is 2.05. The Morgan fingerprint density at radius 1 is 0.950 bits per heavy atom. The first-order valence-corrected chi connectivity index (χ1v) is 6.86. The fraction of sp³-hybridized carbons (Fsp3) is 0.222. The van der Waals surface area contributed by atoms with Gasteiger partial charge < -0.3 is 9.30 Å². The maximum Gasteiger partial charge on any atom is 0.123 e. The van der Waals surface area contributed by atoms with E-state index >= 15 is 0 Å². The molecule has 0 aliphatic heterocycles. The highest BCUT2D eigenvalue weighted by Gasteiger charge is 2.07. The smallest absolute Gasteiger partial charge is 0.123 e. The molecule has 0 radical (unpaired) electrons. The van der Waals surface area contributed by atoms with Crippen molar-refractivity contribution in [3.63, 3.8) is 0 Å². The van der Waals surface area contributed by atoms with Gasteiger partial charge in [0.1, 0.15) is 5.75 Å². The highest BCUT2D eigenvalue weighted by Crippen LogP contribution is 2.24. The number of aryl methyl sites for hydroxylation is 2. The molecule has 0 aliphatic carbocycles. The van der Waals surface area contributed by atoms with E-state index in [-0.39, 0.29) is 0 Å². The van der Waals surface area contributed by atoms with Crippen LogP contribution in [0.2, 0.25) is 0 Å². The predicted molar refractivity (Wildman–Crippen MR) is 83.5 cm³/mol. The highest BCUT2D eigenvalue weighted by molar-refractivity contribution is 5.80. The maximum absolute atomic E-state index is 5.47. The molecule has 0 spiro atoms. The molecule has 0 saturated carbocycles. The number of hydrogen-bond acceptors (Lipinski definition) is 1. The van der Waals surface area contributed by atoms with Crippen molar-refractivity contribution in [3.05, 3.63) is 65.4 Å². The number of nitrogens with zero attached hydrogens (tertiary/aromatic N) is 1. The van der Waals surface area contributed by atoms with Crippen LogP contribution in [0.25, 0.3) is 10.9 Å². The largest absolute Gasteiger partial charge is 0.496 e. The van der Waals surface area contributed by atoms with Gasteiger partial charge in [-0.05, 0) is 43.0 Å². The van der Waals surface area contributed by atoms with E-state index in [1.54, 1.807) is 7.11 Å². The van der Waals surface area contributed by atoms with Gasteiger partial charge in [0.15, 0.2) is 0 Å². The third-order valence-corrected chi connectivity index (χ3v) is 3.71. The lowest BCUT2D eigenvalue weighted by molar-refractivity contribution is 0.408. The summed E-state index contributed by atoms with van der Waals surface area (Å²) in [6, 6.07) is 15.0. The summed E-state index contributed by atoms with van der Waals surface area (Å²) in [5.74, 6) is 0.949. The van der Waals surface area contributed by atoms with Crippen LogP contribution in [0.1, 0.15) is 16.7 Å². The van der Waals surface area contributed by atoms with Gasteiger partial charge in [-0.15, -0.1) is 0 Å². The Hall–Kier alpha value is -2.22. The molecule has 0 atom stereocenters. The van der Waals surface area contributed by atoms with Crippen LogP contribution in [-0.2, 0) is 6.54 Å². The molecule has 2 heteroatoms. The molecule has 1 heterocycles. The van der Waals surface area contributed by atoms with Crippen molar-refractivity contribution in [2.75, 3.05) is 7.11 Å². The first kappa shape index (κ1) is 12.8. The van der Waals surface area contributed by atoms with Crippen molar-refractivity contribution >= 4 is 10.9 Å². The lowest BCUT2D eigenvalue weighted by Gasteiger charge is -2.11. The molecule has 0 bridgehead atoms. The summed E-state index contributed by atoms with van der Waals surface area (Å²) in [5, 5.41) is 1.28. The van der Waals surface area contributed by atoms with Crippen molar-refractivity contribution in [2.45, 2.75) is 20.4 Å². The van der Waals surface area contributed by atoms with E-state index < -0.39 is 0 Å². The minimum atomic E-state index is 0.831. The van der Waals surface area contributed by atoms with E-state index in [0.717, 1.165) is 12.3 Å². The van der Waals surface area contributed by atoms with Gasteiger partial charge in [0.2, 0.25) is 0 Å². The number of fused-ring (bicyclic) bond motifs is 1. The maximum atomic E-state index is 5.47. The van der Waals surface area contributed by atoms with Crippen molar-refractivity contribution in [2.24, 2.45) is 0 Å². The molecule has 3 aromatic rings. The first-order chi connectivity index (χ1) is 9.67. The van der Waals surface area contributed by atoms with E-state index in [4.69, 9.17) is 4.74 Å². The Kier molecular flexibility index (Phi) is 3.23. The van der Waals surface area contributed by atoms with Crippen LogP contribution < -0.4 is 4.74 Å². The molecule has 0 amide bonds. The van der Waals surface area contributed by atoms with Crippen molar-refractivity contribution in [3.8, 4) is 5.75 Å². The molecule has 20 heavy (non-hydrogen) atoms. The van der Waals surface area contributed by atoms with Gasteiger partial charge >= 0.3 is 0 Å². The Labute approximate surface area is 119 Å². The summed E-state index contributed by atoms with van der Waals surface area (Å²) < 4.78 is 7.75. The number of methoxy groups -OCH3 is 1. The summed E-state index contributed by atoms with van der Waals surface area (Å²) >= 11 is 0. The van der Waals surface area contributed by atoms with Crippen molar-refractivity contribution in [1.29, 1.82) is 0 Å². The molecule has 1 aromatic heterocycles. The van der Waals surface area contributed by atoms with Crippen LogP contribution in [0, 0.1) is 13.8 Å². The summed E-state index contributed by atoms with van der Waals surface area (Å²) in [6.45, 7) is 5.07. The third kappa shape index (κ3) is 2.29. The van der Waals surface area contributed by atoms with Gasteiger partial charge in [0.05, 0.1) is 13.7 Å². The van der Waals surface area contributed by atoms with Crippen LogP contribution in [0.3, 0.4) is 0 Å². The van der Waals surface area contributed by atoms with Crippen molar-refractivity contribution in [1.82, 2.24) is 4.57 Å². The van der Waals surface area contributed by atoms with E-state index in [0.29, 0.717) is 0 Å². The van der Waals surface area contributed by atoms with Crippen LogP contribution in [-0.4, -0.2) is 11.7 Å². The van der Waals surface area contributed by atoms with Gasteiger partial charge in [0, 0.05) is 17.3 Å². The lowest BCUT2D eigenvalue weighted by Crippen LogP contribution is -2.01. The number of rotatable bonds is 3. The average Bonchev–Trinajstić information content (AvgIpc) is 2.82. The number of ether oxygens (including phenoxy) is 1. The molecule has 102 valence electrons. The van der Waals surface area contributed by atoms with Crippen LogP contribution in [0.5, 0.6) is 5.75 Å². The fourth-order valence-electron chi connectivity index (χ4n) is 2.65. The Morgan fingerprint density at radius 2 is 1.70 bits per heavy atom. The average molecular weight is 265 g/mol. The van der Waals surface area contributed by atoms with Gasteiger partial charge in [0.25, 0.3) is 0 Å². The van der Waals surface area contributed by atoms with Gasteiger partial charge in [-0.3, -0.25) is 0 Å². The topological polar surface area (TPSA) is 14.2 Å². The summed E-state index contributed by atoms with van der Waals surface area (Å²) in [7, 11) is 1.73. The summed E-state index contributed by atoms with van der Waals surface area (Å²) in [6.07, 6.45) is 2.14. The second kappa shape index (κ2) is 5.04. The van der Waals surface area contributed by atoms with E-state index in [9.17, 15) is 0 Å². The van der Waals surface area contributed by atoms with Gasteiger partial charge in [-0.2, -0.15) is 0 Å². The molecule has 0 N–H and O–H groups in total. The number of aromatic nitrogens is 1. The van der Waals surface area contributed by atoms with Crippen molar-refractivity contribution < 1.29 is 4.74 Å². The number of hydrogen-bond donors (Lipinski definition) is 0. The van der Waals surface area contributed by atoms with Crippen LogP contribution in [0.4, 0.5) is 0 Å². The molecule has 0 aliphatic rings. The molecule has 0 unspecified atom stereocenters. The molecule has 0 saturated heterocycles. The molecule has 3 rings (SSSR count). The standard InChI is InChI=1S/C18H19NO/c1-13-5-7-18(20-3)16(10-13)12-19-9-8-15-6-4-14(2)11-17(15)19/h4-11H,12H2,1-3H3. The highest BCUT2D eigenvalue weighted by atomic mass is 16.5. The first-order valence-electron chi connectivity index (χ1n) is 6.86. The van der Waals surface area contributed by atoms with E-state index in [1.165, 1.54) is 27.6 Å². The zero-order valence-corrected chi connectivity index (χ0v) is 12.2. The summed E-state index contributed by atoms with van der Waals surface area (Å²) in [4.78, 5) is 0. The molecule has 2 nitrogen and oxygen atoms in total. The Bertz CT molecular complexity index is 755. The lowest BCUT2D eigenvalue weighted by atomic mass is 10.1. The van der Waals surface area contributed by atoms with Gasteiger partial charge in [-0.25, -0.2) is 0 Å². The fourth-order valence-corrected chi connectivity index (χ4v) is 2.65. The van der Waals surface area contributed by atoms with E-state index in [2.05, 4.69) is 61.0 Å². The quantitative estimate of drug-likeness (QED) is 0.688. The molecule has 0 fully saturated rings. The van der Waals surface area contributed by atoms with Crippen LogP contribution >= 0.6 is 0 Å². The minimum absolute atomic E-state index is 0.831. The predicted octanol–water partition coefficient (Wildman–Crippen LogP) is 4.32. The minimum Gasteiger partial charge on any atom is -0.496 e. The third-order valence-electron chi connectivity index (χ3n) is 3.71. The Morgan fingerprint density at radius 3 is 2.50 bits per heavy atom. The second-order valence-corrected chi connectivity index (χ2v) is 5.32. The SMILES string of the molecule is COc1ccc(C)cc1Cn1ccc2ccc(C)cc21.